The standard InChI is InChI=1S/C13H14FN3O2/c14-11-9(6-15)2-1-3-10(11)7-17-5-4-13(16,8-17)12(18)19/h1-3H,4-5,7-8,16H2,(H,18,19). The van der Waals surface area contributed by atoms with Gasteiger partial charge < -0.3 is 10.8 Å². The van der Waals surface area contributed by atoms with Crippen molar-refractivity contribution in [2.75, 3.05) is 13.1 Å². The molecule has 0 spiro atoms. The first kappa shape index (κ1) is 13.5. The van der Waals surface area contributed by atoms with Gasteiger partial charge in [0.15, 0.2) is 0 Å². The fourth-order valence-corrected chi connectivity index (χ4v) is 2.25. The van der Waals surface area contributed by atoms with Crippen molar-refractivity contribution in [3.05, 3.63) is 35.1 Å². The molecule has 100 valence electrons. The number of likely N-dealkylation sites (tertiary alicyclic amines) is 1. The van der Waals surface area contributed by atoms with Crippen molar-refractivity contribution >= 4 is 5.97 Å². The van der Waals surface area contributed by atoms with E-state index in [4.69, 9.17) is 16.1 Å². The van der Waals surface area contributed by atoms with Crippen LogP contribution < -0.4 is 5.73 Å². The van der Waals surface area contributed by atoms with E-state index >= 15 is 0 Å². The third kappa shape index (κ3) is 2.57. The largest absolute Gasteiger partial charge is 0.480 e. The summed E-state index contributed by atoms with van der Waals surface area (Å²) in [6, 6.07) is 6.39. The molecule has 2 rings (SSSR count). The van der Waals surface area contributed by atoms with Crippen LogP contribution in [-0.4, -0.2) is 34.6 Å². The molecule has 0 amide bonds. The van der Waals surface area contributed by atoms with Crippen molar-refractivity contribution in [1.82, 2.24) is 4.90 Å². The van der Waals surface area contributed by atoms with Crippen LogP contribution in [-0.2, 0) is 11.3 Å². The highest BCUT2D eigenvalue weighted by molar-refractivity contribution is 5.79. The van der Waals surface area contributed by atoms with E-state index in [-0.39, 0.29) is 18.7 Å². The Balaban J connectivity index is 2.12. The molecule has 19 heavy (non-hydrogen) atoms. The highest BCUT2D eigenvalue weighted by atomic mass is 19.1. The molecule has 1 saturated heterocycles. The molecule has 0 saturated carbocycles. The van der Waals surface area contributed by atoms with Crippen LogP contribution in [0.5, 0.6) is 0 Å². The van der Waals surface area contributed by atoms with Crippen LogP contribution in [0.4, 0.5) is 4.39 Å². The van der Waals surface area contributed by atoms with E-state index in [1.54, 1.807) is 23.1 Å². The number of rotatable bonds is 3. The summed E-state index contributed by atoms with van der Waals surface area (Å²) in [6.45, 7) is 0.936. The Bertz CT molecular complexity index is 555. The Morgan fingerprint density at radius 3 is 2.95 bits per heavy atom. The topological polar surface area (TPSA) is 90.4 Å². The lowest BCUT2D eigenvalue weighted by molar-refractivity contribution is -0.142. The van der Waals surface area contributed by atoms with E-state index in [2.05, 4.69) is 0 Å². The average Bonchev–Trinajstić information content (AvgIpc) is 2.75. The zero-order valence-electron chi connectivity index (χ0n) is 10.3. The third-order valence-corrected chi connectivity index (χ3v) is 3.40. The molecule has 1 aromatic rings. The number of benzene rings is 1. The Kier molecular flexibility index (Phi) is 3.51. The lowest BCUT2D eigenvalue weighted by Gasteiger charge is -2.20. The second-order valence-electron chi connectivity index (χ2n) is 4.81. The molecule has 1 unspecified atom stereocenters. The summed E-state index contributed by atoms with van der Waals surface area (Å²) in [5.41, 5.74) is 4.87. The third-order valence-electron chi connectivity index (χ3n) is 3.40. The maximum atomic E-state index is 13.9. The predicted molar refractivity (Wildman–Crippen MR) is 65.6 cm³/mol. The van der Waals surface area contributed by atoms with Gasteiger partial charge in [-0.05, 0) is 12.5 Å². The highest BCUT2D eigenvalue weighted by Crippen LogP contribution is 2.22. The summed E-state index contributed by atoms with van der Waals surface area (Å²) in [5, 5.41) is 17.8. The molecule has 0 aromatic heterocycles. The molecule has 1 aliphatic heterocycles. The Hall–Kier alpha value is -1.97. The first-order valence-corrected chi connectivity index (χ1v) is 5.88. The van der Waals surface area contributed by atoms with Crippen molar-refractivity contribution in [3.8, 4) is 6.07 Å². The normalized spacial score (nSPS) is 23.2. The smallest absolute Gasteiger partial charge is 0.325 e. The summed E-state index contributed by atoms with van der Waals surface area (Å²) in [4.78, 5) is 12.8. The SMILES string of the molecule is N#Cc1cccc(CN2CCC(N)(C(=O)O)C2)c1F. The molecule has 0 radical (unpaired) electrons. The second kappa shape index (κ2) is 4.96. The van der Waals surface area contributed by atoms with E-state index in [9.17, 15) is 9.18 Å². The first-order valence-electron chi connectivity index (χ1n) is 5.88. The molecule has 0 aliphatic carbocycles. The fourth-order valence-electron chi connectivity index (χ4n) is 2.25. The molecule has 1 aromatic carbocycles. The van der Waals surface area contributed by atoms with Crippen LogP contribution >= 0.6 is 0 Å². The maximum Gasteiger partial charge on any atom is 0.325 e. The lowest BCUT2D eigenvalue weighted by Crippen LogP contribution is -2.50. The molecule has 1 fully saturated rings. The summed E-state index contributed by atoms with van der Waals surface area (Å²) in [6.07, 6.45) is 0.335. The number of carbonyl (C=O) groups is 1. The van der Waals surface area contributed by atoms with E-state index in [0.717, 1.165) is 0 Å². The van der Waals surface area contributed by atoms with Crippen molar-refractivity contribution in [3.63, 3.8) is 0 Å². The van der Waals surface area contributed by atoms with Crippen LogP contribution in [0.3, 0.4) is 0 Å². The second-order valence-corrected chi connectivity index (χ2v) is 4.81. The number of hydrogen-bond acceptors (Lipinski definition) is 4. The number of halogens is 1. The average molecular weight is 263 g/mol. The van der Waals surface area contributed by atoms with Gasteiger partial charge in [-0.2, -0.15) is 5.26 Å². The van der Waals surface area contributed by atoms with Crippen LogP contribution in [0, 0.1) is 17.1 Å². The Morgan fingerprint density at radius 1 is 1.63 bits per heavy atom. The van der Waals surface area contributed by atoms with Gasteiger partial charge in [-0.3, -0.25) is 9.69 Å². The summed E-state index contributed by atoms with van der Waals surface area (Å²) < 4.78 is 13.9. The minimum absolute atomic E-state index is 0.00561. The molecule has 1 heterocycles. The number of carboxylic acid groups (broad SMARTS) is 1. The number of hydrogen-bond donors (Lipinski definition) is 2. The summed E-state index contributed by atoms with van der Waals surface area (Å²) in [5.74, 6) is -1.59. The van der Waals surface area contributed by atoms with Crippen molar-refractivity contribution < 1.29 is 14.3 Å². The van der Waals surface area contributed by atoms with E-state index in [1.807, 2.05) is 0 Å². The van der Waals surface area contributed by atoms with Crippen LogP contribution in [0.25, 0.3) is 0 Å². The van der Waals surface area contributed by atoms with Gasteiger partial charge in [0, 0.05) is 25.2 Å². The number of nitriles is 1. The molecule has 6 heteroatoms. The first-order chi connectivity index (χ1) is 8.96. The van der Waals surface area contributed by atoms with Crippen LogP contribution in [0.2, 0.25) is 0 Å². The van der Waals surface area contributed by atoms with Crippen molar-refractivity contribution in [2.24, 2.45) is 5.73 Å². The fraction of sp³-hybridized carbons (Fsp3) is 0.385. The molecular formula is C13H14FN3O2. The van der Waals surface area contributed by atoms with Gasteiger partial charge in [-0.15, -0.1) is 0 Å². The quantitative estimate of drug-likeness (QED) is 0.837. The Labute approximate surface area is 110 Å². The minimum atomic E-state index is -1.26. The monoisotopic (exact) mass is 263 g/mol. The molecule has 3 N–H and O–H groups in total. The number of aliphatic carboxylic acids is 1. The van der Waals surface area contributed by atoms with Crippen LogP contribution in [0.15, 0.2) is 18.2 Å². The van der Waals surface area contributed by atoms with Crippen molar-refractivity contribution in [1.29, 1.82) is 5.26 Å². The molecule has 1 atom stereocenters. The molecule has 5 nitrogen and oxygen atoms in total. The van der Waals surface area contributed by atoms with E-state index in [1.165, 1.54) is 6.07 Å². The zero-order valence-corrected chi connectivity index (χ0v) is 10.3. The predicted octanol–water partition coefficient (Wildman–Crippen LogP) is 0.685. The van der Waals surface area contributed by atoms with Gasteiger partial charge >= 0.3 is 5.97 Å². The van der Waals surface area contributed by atoms with Gasteiger partial charge in [-0.25, -0.2) is 4.39 Å². The van der Waals surface area contributed by atoms with Crippen LogP contribution in [0.1, 0.15) is 17.5 Å². The van der Waals surface area contributed by atoms with Gasteiger partial charge in [0.25, 0.3) is 0 Å². The number of nitrogens with two attached hydrogens (primary N) is 1. The van der Waals surface area contributed by atoms with E-state index in [0.29, 0.717) is 18.5 Å². The summed E-state index contributed by atoms with van der Waals surface area (Å²) >= 11 is 0. The maximum absolute atomic E-state index is 13.9. The molecule has 1 aliphatic rings. The molecular weight excluding hydrogens is 249 g/mol. The highest BCUT2D eigenvalue weighted by Gasteiger charge is 2.41. The number of nitrogens with zero attached hydrogens (tertiary/aromatic N) is 2. The van der Waals surface area contributed by atoms with Crippen molar-refractivity contribution in [2.45, 2.75) is 18.5 Å². The van der Waals surface area contributed by atoms with Gasteiger partial charge in [0.1, 0.15) is 17.4 Å². The van der Waals surface area contributed by atoms with Gasteiger partial charge in [-0.1, -0.05) is 12.1 Å². The zero-order chi connectivity index (χ0) is 14.0. The van der Waals surface area contributed by atoms with Gasteiger partial charge in [0.05, 0.1) is 5.56 Å². The summed E-state index contributed by atoms with van der Waals surface area (Å²) in [7, 11) is 0. The lowest BCUT2D eigenvalue weighted by atomic mass is 10.0. The Morgan fingerprint density at radius 2 is 2.37 bits per heavy atom. The van der Waals surface area contributed by atoms with Gasteiger partial charge in [0.2, 0.25) is 0 Å². The molecule has 0 bridgehead atoms. The number of carboxylic acids is 1. The van der Waals surface area contributed by atoms with E-state index < -0.39 is 17.3 Å². The minimum Gasteiger partial charge on any atom is -0.480 e.